The third-order valence-corrected chi connectivity index (χ3v) is 4.21. The summed E-state index contributed by atoms with van der Waals surface area (Å²) >= 11 is 1.20. The van der Waals surface area contributed by atoms with Crippen LogP contribution in [0.3, 0.4) is 0 Å². The van der Waals surface area contributed by atoms with E-state index >= 15 is 0 Å². The number of nitro groups is 1. The Bertz CT molecular complexity index is 864. The monoisotopic (exact) mass is 374 g/mol. The summed E-state index contributed by atoms with van der Waals surface area (Å²) in [5, 5.41) is 15.6. The molecular formula is C18H18N2O5S. The molecule has 0 aliphatic carbocycles. The molecule has 1 amide bonds. The van der Waals surface area contributed by atoms with Crippen molar-refractivity contribution in [3.8, 4) is 11.1 Å². The fourth-order valence-corrected chi connectivity index (χ4v) is 3.20. The van der Waals surface area contributed by atoms with E-state index in [1.54, 1.807) is 38.3 Å². The van der Waals surface area contributed by atoms with Gasteiger partial charge in [0.15, 0.2) is 0 Å². The molecule has 0 atom stereocenters. The van der Waals surface area contributed by atoms with Crippen molar-refractivity contribution in [1.29, 1.82) is 0 Å². The fraction of sp³-hybridized carbons (Fsp3) is 0.222. The van der Waals surface area contributed by atoms with Gasteiger partial charge in [0.1, 0.15) is 10.6 Å². The number of carbonyl (C=O) groups excluding carboxylic acids is 2. The van der Waals surface area contributed by atoms with Crippen LogP contribution in [0.15, 0.2) is 41.3 Å². The van der Waals surface area contributed by atoms with Crippen molar-refractivity contribution < 1.29 is 19.2 Å². The number of anilines is 1. The molecule has 0 saturated heterocycles. The largest absolute Gasteiger partial charge is 0.462 e. The van der Waals surface area contributed by atoms with Crippen LogP contribution in [0.5, 0.6) is 0 Å². The number of hydrogen-bond donors (Lipinski definition) is 1. The van der Waals surface area contributed by atoms with Crippen molar-refractivity contribution in [2.45, 2.75) is 20.8 Å². The van der Waals surface area contributed by atoms with Crippen LogP contribution in [0.25, 0.3) is 11.1 Å². The summed E-state index contributed by atoms with van der Waals surface area (Å²) in [4.78, 5) is 34.7. The van der Waals surface area contributed by atoms with Crippen LogP contribution >= 0.6 is 11.3 Å². The van der Waals surface area contributed by atoms with Crippen molar-refractivity contribution in [2.75, 3.05) is 11.9 Å². The number of hydrogen-bond acceptors (Lipinski definition) is 6. The van der Waals surface area contributed by atoms with E-state index in [1.807, 2.05) is 0 Å². The number of non-ortho nitro benzene ring substituents is 1. The molecule has 1 aromatic heterocycles. The standard InChI is InChI=1S/C18H18N2O5S/c1-4-25-18(22)16-14(12-5-7-13(8-6-12)20(23)24)10-26-17(16)19-15(21)9-11(2)3/h5-10H,4H2,1-3H3,(H,19,21). The highest BCUT2D eigenvalue weighted by Gasteiger charge is 2.22. The van der Waals surface area contributed by atoms with Gasteiger partial charge in [0.2, 0.25) is 5.91 Å². The van der Waals surface area contributed by atoms with Crippen LogP contribution in [-0.4, -0.2) is 23.4 Å². The van der Waals surface area contributed by atoms with Crippen LogP contribution in [0, 0.1) is 10.1 Å². The van der Waals surface area contributed by atoms with E-state index < -0.39 is 10.9 Å². The minimum Gasteiger partial charge on any atom is -0.462 e. The zero-order valence-electron chi connectivity index (χ0n) is 14.6. The second-order valence-electron chi connectivity index (χ2n) is 5.59. The van der Waals surface area contributed by atoms with E-state index in [2.05, 4.69) is 5.32 Å². The SMILES string of the molecule is CCOC(=O)c1c(-c2ccc([N+](=O)[O-])cc2)csc1NC(=O)C=C(C)C. The minimum atomic E-state index is -0.561. The highest BCUT2D eigenvalue weighted by atomic mass is 32.1. The van der Waals surface area contributed by atoms with Crippen LogP contribution in [0.4, 0.5) is 10.7 Å². The van der Waals surface area contributed by atoms with Crippen LogP contribution in [-0.2, 0) is 9.53 Å². The van der Waals surface area contributed by atoms with Crippen molar-refractivity contribution in [3.05, 3.63) is 57.0 Å². The average molecular weight is 374 g/mol. The predicted molar refractivity (Wildman–Crippen MR) is 100 cm³/mol. The lowest BCUT2D eigenvalue weighted by molar-refractivity contribution is -0.384. The van der Waals surface area contributed by atoms with Crippen molar-refractivity contribution in [3.63, 3.8) is 0 Å². The van der Waals surface area contributed by atoms with Gasteiger partial charge in [-0.25, -0.2) is 4.79 Å². The quantitative estimate of drug-likeness (QED) is 0.350. The van der Waals surface area contributed by atoms with Gasteiger partial charge in [-0.2, -0.15) is 0 Å². The van der Waals surface area contributed by atoms with Gasteiger partial charge in [0.05, 0.1) is 11.5 Å². The van der Waals surface area contributed by atoms with Crippen molar-refractivity contribution >= 4 is 33.9 Å². The number of benzene rings is 1. The molecule has 0 bridgehead atoms. The minimum absolute atomic E-state index is 0.0428. The number of ether oxygens (including phenoxy) is 1. The molecular weight excluding hydrogens is 356 g/mol. The number of thiophene rings is 1. The molecule has 2 rings (SSSR count). The van der Waals surface area contributed by atoms with Gasteiger partial charge in [0.25, 0.3) is 5.69 Å². The molecule has 8 heteroatoms. The summed E-state index contributed by atoms with van der Waals surface area (Å²) in [5.41, 5.74) is 2.20. The lowest BCUT2D eigenvalue weighted by Gasteiger charge is -2.08. The van der Waals surface area contributed by atoms with Gasteiger partial charge in [-0.1, -0.05) is 5.57 Å². The number of nitrogens with one attached hydrogen (secondary N) is 1. The number of allylic oxidation sites excluding steroid dienone is 1. The third kappa shape index (κ3) is 4.54. The molecule has 0 radical (unpaired) electrons. The lowest BCUT2D eigenvalue weighted by atomic mass is 10.0. The van der Waals surface area contributed by atoms with Gasteiger partial charge in [-0.05, 0) is 38.5 Å². The van der Waals surface area contributed by atoms with E-state index in [-0.39, 0.29) is 23.8 Å². The van der Waals surface area contributed by atoms with Crippen LogP contribution < -0.4 is 5.32 Å². The van der Waals surface area contributed by atoms with Crippen LogP contribution in [0.2, 0.25) is 0 Å². The highest BCUT2D eigenvalue weighted by molar-refractivity contribution is 7.15. The summed E-state index contributed by atoms with van der Waals surface area (Å²) in [6.45, 7) is 5.47. The molecule has 26 heavy (non-hydrogen) atoms. The summed E-state index contributed by atoms with van der Waals surface area (Å²) in [6.07, 6.45) is 1.43. The fourth-order valence-electron chi connectivity index (χ4n) is 2.24. The van der Waals surface area contributed by atoms with E-state index in [9.17, 15) is 19.7 Å². The molecule has 0 aliphatic rings. The normalized spacial score (nSPS) is 10.1. The zero-order chi connectivity index (χ0) is 19.3. The zero-order valence-corrected chi connectivity index (χ0v) is 15.4. The van der Waals surface area contributed by atoms with E-state index in [1.165, 1.54) is 29.5 Å². The van der Waals surface area contributed by atoms with Gasteiger partial charge in [0, 0.05) is 29.2 Å². The van der Waals surface area contributed by atoms with Gasteiger partial charge in [-0.3, -0.25) is 14.9 Å². The highest BCUT2D eigenvalue weighted by Crippen LogP contribution is 2.36. The number of amides is 1. The number of carbonyl (C=O) groups is 2. The van der Waals surface area contributed by atoms with Crippen LogP contribution in [0.1, 0.15) is 31.1 Å². The molecule has 136 valence electrons. The van der Waals surface area contributed by atoms with E-state index in [4.69, 9.17) is 4.74 Å². The molecule has 2 aromatic rings. The maximum absolute atomic E-state index is 12.4. The molecule has 1 aromatic carbocycles. The van der Waals surface area contributed by atoms with Gasteiger partial charge in [-0.15, -0.1) is 11.3 Å². The first-order chi connectivity index (χ1) is 12.3. The second kappa shape index (κ2) is 8.39. The van der Waals surface area contributed by atoms with E-state index in [0.29, 0.717) is 16.1 Å². The lowest BCUT2D eigenvalue weighted by Crippen LogP contribution is -2.12. The smallest absolute Gasteiger partial charge is 0.341 e. The second-order valence-corrected chi connectivity index (χ2v) is 6.47. The summed E-state index contributed by atoms with van der Waals surface area (Å²) in [5.74, 6) is -0.901. The Hall–Kier alpha value is -3.00. The maximum atomic E-state index is 12.4. The molecule has 0 aliphatic heterocycles. The summed E-state index contributed by atoms with van der Waals surface area (Å²) in [7, 11) is 0. The number of rotatable bonds is 6. The molecule has 1 N–H and O–H groups in total. The number of nitro benzene ring substituents is 1. The summed E-state index contributed by atoms with van der Waals surface area (Å²) < 4.78 is 5.11. The Kier molecular flexibility index (Phi) is 6.24. The molecule has 7 nitrogen and oxygen atoms in total. The van der Waals surface area contributed by atoms with E-state index in [0.717, 1.165) is 5.57 Å². The Morgan fingerprint density at radius 2 is 1.92 bits per heavy atom. The Morgan fingerprint density at radius 3 is 2.46 bits per heavy atom. The molecule has 1 heterocycles. The van der Waals surface area contributed by atoms with Crippen molar-refractivity contribution in [2.24, 2.45) is 0 Å². The predicted octanol–water partition coefficient (Wildman–Crippen LogP) is 4.40. The van der Waals surface area contributed by atoms with Gasteiger partial charge < -0.3 is 10.1 Å². The van der Waals surface area contributed by atoms with Crippen molar-refractivity contribution in [1.82, 2.24) is 0 Å². The molecule has 0 unspecified atom stereocenters. The number of nitrogens with zero attached hydrogens (tertiary/aromatic N) is 1. The molecule has 0 saturated carbocycles. The molecule has 0 spiro atoms. The average Bonchev–Trinajstić information content (AvgIpc) is 2.97. The first-order valence-electron chi connectivity index (χ1n) is 7.82. The Labute approximate surface area is 154 Å². The summed E-state index contributed by atoms with van der Waals surface area (Å²) in [6, 6.07) is 5.85. The number of esters is 1. The van der Waals surface area contributed by atoms with Gasteiger partial charge >= 0.3 is 5.97 Å². The Morgan fingerprint density at radius 1 is 1.27 bits per heavy atom. The topological polar surface area (TPSA) is 98.5 Å². The first kappa shape index (κ1) is 19.3. The Balaban J connectivity index is 2.45. The first-order valence-corrected chi connectivity index (χ1v) is 8.70. The maximum Gasteiger partial charge on any atom is 0.341 e. The molecule has 0 fully saturated rings. The third-order valence-electron chi connectivity index (χ3n) is 3.32.